The molecule has 0 saturated heterocycles. The molecular formula is C19H26F3N5O. The summed E-state index contributed by atoms with van der Waals surface area (Å²) in [4.78, 5) is 8.73. The molecule has 2 N–H and O–H groups in total. The van der Waals surface area contributed by atoms with Gasteiger partial charge in [-0.1, -0.05) is 38.1 Å². The van der Waals surface area contributed by atoms with Crippen LogP contribution in [0, 0.1) is 0 Å². The molecule has 0 fully saturated rings. The van der Waals surface area contributed by atoms with Crippen LogP contribution in [0.5, 0.6) is 0 Å². The van der Waals surface area contributed by atoms with Crippen LogP contribution in [0.4, 0.5) is 13.2 Å². The van der Waals surface area contributed by atoms with Crippen LogP contribution >= 0.6 is 0 Å². The van der Waals surface area contributed by atoms with Crippen LogP contribution in [-0.4, -0.2) is 22.6 Å². The van der Waals surface area contributed by atoms with Gasteiger partial charge < -0.3 is 15.2 Å². The van der Waals surface area contributed by atoms with Gasteiger partial charge in [0.25, 0.3) is 0 Å². The Morgan fingerprint density at radius 1 is 1.25 bits per heavy atom. The Bertz CT molecular complexity index is 808. The van der Waals surface area contributed by atoms with Gasteiger partial charge in [0.05, 0.1) is 11.6 Å². The number of hydrogen-bond acceptors (Lipinski definition) is 4. The number of rotatable bonds is 5. The van der Waals surface area contributed by atoms with Crippen LogP contribution in [0.3, 0.4) is 0 Å². The summed E-state index contributed by atoms with van der Waals surface area (Å²) in [5, 5.41) is 10.1. The van der Waals surface area contributed by atoms with Crippen LogP contribution in [0.15, 0.2) is 33.8 Å². The van der Waals surface area contributed by atoms with E-state index < -0.39 is 11.7 Å². The highest BCUT2D eigenvalue weighted by Gasteiger charge is 2.30. The summed E-state index contributed by atoms with van der Waals surface area (Å²) >= 11 is 0. The molecule has 0 aliphatic rings. The summed E-state index contributed by atoms with van der Waals surface area (Å²) in [6.07, 6.45) is -4.38. The molecule has 1 atom stereocenters. The summed E-state index contributed by atoms with van der Waals surface area (Å²) in [5.41, 5.74) is -0.424. The fourth-order valence-corrected chi connectivity index (χ4v) is 2.37. The molecule has 0 bridgehead atoms. The van der Waals surface area contributed by atoms with Crippen LogP contribution in [0.2, 0.25) is 0 Å². The lowest BCUT2D eigenvalue weighted by Gasteiger charge is -2.19. The third-order valence-corrected chi connectivity index (χ3v) is 3.90. The van der Waals surface area contributed by atoms with Crippen molar-refractivity contribution in [1.29, 1.82) is 0 Å². The van der Waals surface area contributed by atoms with E-state index in [4.69, 9.17) is 4.52 Å². The Kier molecular flexibility index (Phi) is 6.69. The van der Waals surface area contributed by atoms with Gasteiger partial charge in [0.2, 0.25) is 5.89 Å². The summed E-state index contributed by atoms with van der Waals surface area (Å²) < 4.78 is 44.0. The van der Waals surface area contributed by atoms with Gasteiger partial charge in [-0.3, -0.25) is 0 Å². The Hall–Kier alpha value is -2.58. The van der Waals surface area contributed by atoms with Gasteiger partial charge in [-0.25, -0.2) is 4.99 Å². The molecule has 0 spiro atoms. The van der Waals surface area contributed by atoms with Gasteiger partial charge in [0.15, 0.2) is 11.8 Å². The predicted molar refractivity (Wildman–Crippen MR) is 101 cm³/mol. The first-order valence-corrected chi connectivity index (χ1v) is 9.05. The van der Waals surface area contributed by atoms with Crippen molar-refractivity contribution in [2.45, 2.75) is 58.8 Å². The molecule has 0 radical (unpaired) electrons. The van der Waals surface area contributed by atoms with Crippen LogP contribution in [0.25, 0.3) is 0 Å². The fraction of sp³-hybridized carbons (Fsp3) is 0.526. The van der Waals surface area contributed by atoms with Gasteiger partial charge in [0, 0.05) is 12.0 Å². The highest BCUT2D eigenvalue weighted by molar-refractivity contribution is 5.80. The Balaban J connectivity index is 2.11. The fourth-order valence-electron chi connectivity index (χ4n) is 2.37. The lowest BCUT2D eigenvalue weighted by molar-refractivity contribution is -0.137. The van der Waals surface area contributed by atoms with E-state index in [1.165, 1.54) is 6.07 Å². The molecule has 9 heteroatoms. The first-order valence-electron chi connectivity index (χ1n) is 9.05. The maximum absolute atomic E-state index is 12.9. The number of benzene rings is 1. The molecule has 0 aliphatic carbocycles. The smallest absolute Gasteiger partial charge is 0.357 e. The summed E-state index contributed by atoms with van der Waals surface area (Å²) in [7, 11) is 0. The molecule has 2 aromatic rings. The van der Waals surface area contributed by atoms with Gasteiger partial charge in [-0.2, -0.15) is 18.2 Å². The third-order valence-electron chi connectivity index (χ3n) is 3.90. The molecule has 154 valence electrons. The number of guanidine groups is 1. The number of nitrogens with one attached hydrogen (secondary N) is 2. The molecule has 1 unspecified atom stereocenters. The second kappa shape index (κ2) is 8.62. The molecule has 0 amide bonds. The van der Waals surface area contributed by atoms with Crippen LogP contribution < -0.4 is 10.6 Å². The second-order valence-corrected chi connectivity index (χ2v) is 7.45. The van der Waals surface area contributed by atoms with Gasteiger partial charge in [0.1, 0.15) is 6.54 Å². The first kappa shape index (κ1) is 21.7. The highest BCUT2D eigenvalue weighted by Crippen LogP contribution is 2.30. The van der Waals surface area contributed by atoms with Crippen molar-refractivity contribution < 1.29 is 17.7 Å². The van der Waals surface area contributed by atoms with Crippen LogP contribution in [-0.2, 0) is 18.1 Å². The average molecular weight is 397 g/mol. The number of hydrogen-bond donors (Lipinski definition) is 2. The minimum Gasteiger partial charge on any atom is -0.357 e. The van der Waals surface area contributed by atoms with E-state index in [0.717, 1.165) is 12.1 Å². The van der Waals surface area contributed by atoms with Crippen molar-refractivity contribution in [2.75, 3.05) is 6.54 Å². The Morgan fingerprint density at radius 3 is 2.54 bits per heavy atom. The van der Waals surface area contributed by atoms with Crippen molar-refractivity contribution in [3.8, 4) is 0 Å². The van der Waals surface area contributed by atoms with E-state index in [2.05, 4.69) is 25.8 Å². The monoisotopic (exact) mass is 397 g/mol. The van der Waals surface area contributed by atoms with E-state index in [1.807, 2.05) is 27.7 Å². The standard InChI is InChI=1S/C19H26F3N5O/c1-6-23-17(24-11-15-26-16(28-27-15)18(3,4)5)25-12(2)13-8-7-9-14(10-13)19(20,21)22/h7-10,12H,6,11H2,1-5H3,(H2,23,24,25). The molecule has 1 heterocycles. The number of aromatic nitrogens is 2. The van der Waals surface area contributed by atoms with Crippen molar-refractivity contribution in [3.05, 3.63) is 47.1 Å². The normalized spacial score (nSPS) is 14.1. The molecule has 2 rings (SSSR count). The van der Waals surface area contributed by atoms with E-state index in [-0.39, 0.29) is 18.0 Å². The number of halogens is 3. The molecule has 1 aromatic heterocycles. The zero-order valence-electron chi connectivity index (χ0n) is 16.7. The molecule has 6 nitrogen and oxygen atoms in total. The van der Waals surface area contributed by atoms with E-state index in [9.17, 15) is 13.2 Å². The largest absolute Gasteiger partial charge is 0.416 e. The van der Waals surface area contributed by atoms with E-state index >= 15 is 0 Å². The van der Waals surface area contributed by atoms with Crippen molar-refractivity contribution >= 4 is 5.96 Å². The van der Waals surface area contributed by atoms with Gasteiger partial charge >= 0.3 is 6.18 Å². The van der Waals surface area contributed by atoms with E-state index in [0.29, 0.717) is 29.8 Å². The number of alkyl halides is 3. The van der Waals surface area contributed by atoms with Gasteiger partial charge in [-0.15, -0.1) is 0 Å². The zero-order chi connectivity index (χ0) is 20.9. The topological polar surface area (TPSA) is 75.3 Å². The van der Waals surface area contributed by atoms with Crippen LogP contribution in [0.1, 0.15) is 63.5 Å². The summed E-state index contributed by atoms with van der Waals surface area (Å²) in [6, 6.07) is 4.85. The van der Waals surface area contributed by atoms with Crippen molar-refractivity contribution in [3.63, 3.8) is 0 Å². The number of aliphatic imine (C=N–C) groups is 1. The van der Waals surface area contributed by atoms with E-state index in [1.54, 1.807) is 13.0 Å². The Labute approximate surface area is 162 Å². The minimum atomic E-state index is -4.38. The lowest BCUT2D eigenvalue weighted by Crippen LogP contribution is -2.38. The lowest BCUT2D eigenvalue weighted by atomic mass is 9.97. The quantitative estimate of drug-likeness (QED) is 0.584. The van der Waals surface area contributed by atoms with Crippen molar-refractivity contribution in [2.24, 2.45) is 4.99 Å². The highest BCUT2D eigenvalue weighted by atomic mass is 19.4. The SMILES string of the molecule is CCNC(=NCc1noc(C(C)(C)C)n1)NC(C)c1cccc(C(F)(F)F)c1. The molecular weight excluding hydrogens is 371 g/mol. The van der Waals surface area contributed by atoms with Crippen molar-refractivity contribution in [1.82, 2.24) is 20.8 Å². The number of nitrogens with zero attached hydrogens (tertiary/aromatic N) is 3. The molecule has 1 aromatic carbocycles. The summed E-state index contributed by atoms with van der Waals surface area (Å²) in [5.74, 6) is 1.41. The first-order chi connectivity index (χ1) is 13.0. The third kappa shape index (κ3) is 5.97. The maximum Gasteiger partial charge on any atom is 0.416 e. The van der Waals surface area contributed by atoms with Gasteiger partial charge in [-0.05, 0) is 31.5 Å². The maximum atomic E-state index is 12.9. The Morgan fingerprint density at radius 2 is 1.96 bits per heavy atom. The summed E-state index contributed by atoms with van der Waals surface area (Å²) in [6.45, 7) is 10.4. The average Bonchev–Trinajstić information content (AvgIpc) is 3.08. The minimum absolute atomic E-state index is 0.185. The second-order valence-electron chi connectivity index (χ2n) is 7.45. The molecule has 28 heavy (non-hydrogen) atoms. The zero-order valence-corrected chi connectivity index (χ0v) is 16.7. The predicted octanol–water partition coefficient (Wildman–Crippen LogP) is 4.20. The molecule has 0 aliphatic heterocycles. The molecule has 0 saturated carbocycles.